The zero-order chi connectivity index (χ0) is 18.8. The number of para-hydroxylation sites is 1. The molecule has 2 aromatic rings. The second kappa shape index (κ2) is 9.87. The zero-order valence-corrected chi connectivity index (χ0v) is 15.6. The molecular weight excluding hydrogens is 350 g/mol. The van der Waals surface area contributed by atoms with Crippen molar-refractivity contribution in [3.05, 3.63) is 60.2 Å². The molecule has 0 N–H and O–H groups in total. The Balaban J connectivity index is 2.07. The molecule has 0 heterocycles. The summed E-state index contributed by atoms with van der Waals surface area (Å²) in [5.74, 6) is -0.0637. The Labute approximate surface area is 154 Å². The highest BCUT2D eigenvalue weighted by Crippen LogP contribution is 2.19. The summed E-state index contributed by atoms with van der Waals surface area (Å²) in [6, 6.07) is 14.6. The lowest BCUT2D eigenvalue weighted by molar-refractivity contribution is 0.106. The van der Waals surface area contributed by atoms with Crippen LogP contribution in [-0.4, -0.2) is 27.0 Å². The van der Waals surface area contributed by atoms with Crippen LogP contribution in [0.25, 0.3) is 0 Å². The van der Waals surface area contributed by atoms with Gasteiger partial charge in [-0.05, 0) is 30.7 Å². The molecule has 26 heavy (non-hydrogen) atoms. The average molecular weight is 373 g/mol. The Kier molecular flexibility index (Phi) is 7.53. The van der Waals surface area contributed by atoms with Crippen LogP contribution >= 0.6 is 0 Å². The molecule has 5 nitrogen and oxygen atoms in total. The van der Waals surface area contributed by atoms with Gasteiger partial charge in [0, 0.05) is 0 Å². The molecule has 2 rings (SSSR count). The lowest BCUT2D eigenvalue weighted by Gasteiger charge is -2.09. The molecule has 0 atom stereocenters. The highest BCUT2D eigenvalue weighted by Gasteiger charge is 2.14. The van der Waals surface area contributed by atoms with E-state index in [-0.39, 0.29) is 4.90 Å². The van der Waals surface area contributed by atoms with Crippen molar-refractivity contribution in [3.8, 4) is 5.75 Å². The van der Waals surface area contributed by atoms with Gasteiger partial charge in [0.2, 0.25) is 5.78 Å². The van der Waals surface area contributed by atoms with E-state index in [4.69, 9.17) is 4.74 Å². The normalized spacial score (nSPS) is 11.6. The summed E-state index contributed by atoms with van der Waals surface area (Å²) in [6.45, 7) is 2.65. The lowest BCUT2D eigenvalue weighted by Crippen LogP contribution is -2.08. The molecule has 2 aromatic carbocycles. The SMILES string of the molecule is CCCCCCOc1ccccc1C(=O)/C=N\S(=O)(=O)c1ccccc1. The molecule has 0 radical (unpaired) electrons. The van der Waals surface area contributed by atoms with Crippen LogP contribution in [-0.2, 0) is 10.0 Å². The molecule has 0 bridgehead atoms. The molecule has 0 saturated heterocycles. The van der Waals surface area contributed by atoms with Gasteiger partial charge in [-0.3, -0.25) is 4.79 Å². The topological polar surface area (TPSA) is 72.8 Å². The predicted octanol–water partition coefficient (Wildman–Crippen LogP) is 4.29. The maximum atomic E-state index is 12.4. The summed E-state index contributed by atoms with van der Waals surface area (Å²) in [4.78, 5) is 12.4. The number of hydrogen-bond donors (Lipinski definition) is 0. The van der Waals surface area contributed by atoms with Crippen molar-refractivity contribution in [1.82, 2.24) is 0 Å². The summed E-state index contributed by atoms with van der Waals surface area (Å²) in [6.07, 6.45) is 5.10. The van der Waals surface area contributed by atoms with Crippen LogP contribution in [0.15, 0.2) is 63.9 Å². The molecule has 0 spiro atoms. The first-order chi connectivity index (χ1) is 12.5. The number of Topliss-reactive ketones (excluding diaryl/α,β-unsaturated/α-hetero) is 1. The van der Waals surface area contributed by atoms with Crippen molar-refractivity contribution in [2.75, 3.05) is 6.61 Å². The van der Waals surface area contributed by atoms with E-state index < -0.39 is 15.8 Å². The number of ketones is 1. The summed E-state index contributed by atoms with van der Waals surface area (Å²) in [5, 5.41) is 0. The van der Waals surface area contributed by atoms with Gasteiger partial charge in [0.15, 0.2) is 0 Å². The molecule has 0 aliphatic heterocycles. The second-order valence-corrected chi connectivity index (χ2v) is 7.42. The van der Waals surface area contributed by atoms with Gasteiger partial charge >= 0.3 is 0 Å². The van der Waals surface area contributed by atoms with Crippen molar-refractivity contribution < 1.29 is 17.9 Å². The standard InChI is InChI=1S/C20H23NO4S/c1-2-3-4-10-15-25-20-14-9-8-13-18(20)19(22)16-21-26(23,24)17-11-6-5-7-12-17/h5-9,11-14,16H,2-4,10,15H2,1H3/b21-16-. The van der Waals surface area contributed by atoms with Crippen molar-refractivity contribution in [1.29, 1.82) is 0 Å². The number of benzene rings is 2. The van der Waals surface area contributed by atoms with Crippen molar-refractivity contribution in [2.24, 2.45) is 4.40 Å². The number of carbonyl (C=O) groups excluding carboxylic acids is 1. The van der Waals surface area contributed by atoms with Crippen LogP contribution in [0.1, 0.15) is 43.0 Å². The third-order valence-corrected chi connectivity index (χ3v) is 5.01. The van der Waals surface area contributed by atoms with Gasteiger partial charge in [0.1, 0.15) is 5.75 Å². The average Bonchev–Trinajstić information content (AvgIpc) is 2.67. The highest BCUT2D eigenvalue weighted by atomic mass is 32.2. The molecule has 0 aliphatic carbocycles. The van der Waals surface area contributed by atoms with E-state index in [2.05, 4.69) is 11.3 Å². The van der Waals surface area contributed by atoms with Crippen LogP contribution in [0.5, 0.6) is 5.75 Å². The molecule has 0 aromatic heterocycles. The minimum absolute atomic E-state index is 0.0458. The lowest BCUT2D eigenvalue weighted by atomic mass is 10.1. The number of carbonyl (C=O) groups is 1. The zero-order valence-electron chi connectivity index (χ0n) is 14.8. The fourth-order valence-electron chi connectivity index (χ4n) is 2.35. The Bertz CT molecular complexity index is 845. The first-order valence-corrected chi connectivity index (χ1v) is 10.1. The minimum atomic E-state index is -3.90. The molecule has 0 saturated carbocycles. The van der Waals surface area contributed by atoms with Crippen LogP contribution < -0.4 is 4.74 Å². The summed E-state index contributed by atoms with van der Waals surface area (Å²) >= 11 is 0. The first kappa shape index (κ1) is 19.8. The molecule has 0 amide bonds. The largest absolute Gasteiger partial charge is 0.493 e. The summed E-state index contributed by atoms with van der Waals surface area (Å²) in [5.41, 5.74) is 0.301. The van der Waals surface area contributed by atoms with Crippen molar-refractivity contribution in [3.63, 3.8) is 0 Å². The van der Waals surface area contributed by atoms with Crippen LogP contribution in [0.4, 0.5) is 0 Å². The van der Waals surface area contributed by atoms with Gasteiger partial charge < -0.3 is 4.74 Å². The maximum absolute atomic E-state index is 12.4. The monoisotopic (exact) mass is 373 g/mol. The van der Waals surface area contributed by atoms with Gasteiger partial charge in [0.25, 0.3) is 10.0 Å². The van der Waals surface area contributed by atoms with Gasteiger partial charge in [-0.2, -0.15) is 12.8 Å². The van der Waals surface area contributed by atoms with Crippen molar-refractivity contribution >= 4 is 22.0 Å². The van der Waals surface area contributed by atoms with Gasteiger partial charge in [0.05, 0.1) is 23.3 Å². The predicted molar refractivity (Wildman–Crippen MR) is 103 cm³/mol. The van der Waals surface area contributed by atoms with Crippen molar-refractivity contribution in [2.45, 2.75) is 37.5 Å². The smallest absolute Gasteiger partial charge is 0.282 e. The van der Waals surface area contributed by atoms with Gasteiger partial charge in [-0.15, -0.1) is 0 Å². The molecular formula is C20H23NO4S. The Morgan fingerprint density at radius 1 is 1.00 bits per heavy atom. The molecule has 138 valence electrons. The molecule has 0 fully saturated rings. The molecule has 6 heteroatoms. The Morgan fingerprint density at radius 3 is 2.42 bits per heavy atom. The van der Waals surface area contributed by atoms with Gasteiger partial charge in [-0.1, -0.05) is 56.5 Å². The Hall–Kier alpha value is -2.47. The fraction of sp³-hybridized carbons (Fsp3) is 0.300. The minimum Gasteiger partial charge on any atom is -0.493 e. The number of unbranched alkanes of at least 4 members (excludes halogenated alkanes) is 3. The van der Waals surface area contributed by atoms with E-state index in [1.54, 1.807) is 42.5 Å². The summed E-state index contributed by atoms with van der Waals surface area (Å²) < 4.78 is 33.5. The molecule has 0 aliphatic rings. The number of ether oxygens (including phenoxy) is 1. The number of rotatable bonds is 10. The van der Waals surface area contributed by atoms with Crippen LogP contribution in [0.2, 0.25) is 0 Å². The van der Waals surface area contributed by atoms with E-state index in [0.717, 1.165) is 31.9 Å². The maximum Gasteiger partial charge on any atom is 0.282 e. The second-order valence-electron chi connectivity index (χ2n) is 5.79. The summed E-state index contributed by atoms with van der Waals surface area (Å²) in [7, 11) is -3.90. The number of hydrogen-bond acceptors (Lipinski definition) is 4. The van der Waals surface area contributed by atoms with Crippen LogP contribution in [0.3, 0.4) is 0 Å². The molecule has 0 unspecified atom stereocenters. The first-order valence-electron chi connectivity index (χ1n) is 8.66. The van der Waals surface area contributed by atoms with E-state index in [1.165, 1.54) is 12.1 Å². The third kappa shape index (κ3) is 5.81. The van der Waals surface area contributed by atoms with E-state index in [1.807, 2.05) is 0 Å². The fourth-order valence-corrected chi connectivity index (χ4v) is 3.20. The highest BCUT2D eigenvalue weighted by molar-refractivity contribution is 7.90. The van der Waals surface area contributed by atoms with E-state index in [0.29, 0.717) is 17.9 Å². The van der Waals surface area contributed by atoms with Crippen LogP contribution in [0, 0.1) is 0 Å². The van der Waals surface area contributed by atoms with E-state index in [9.17, 15) is 13.2 Å². The quantitative estimate of drug-likeness (QED) is 0.354. The van der Waals surface area contributed by atoms with Gasteiger partial charge in [-0.25, -0.2) is 0 Å². The third-order valence-electron chi connectivity index (χ3n) is 3.76. The Morgan fingerprint density at radius 2 is 1.69 bits per heavy atom. The van der Waals surface area contributed by atoms with E-state index >= 15 is 0 Å². The number of nitrogens with zero attached hydrogens (tertiary/aromatic N) is 1. The number of sulfonamides is 1.